The molecule has 0 bridgehead atoms. The first-order valence-corrected chi connectivity index (χ1v) is 5.45. The molecular formula is C7H19N3O3P+. The predicted octanol–water partition coefficient (Wildman–Crippen LogP) is 0.240. The van der Waals surface area contributed by atoms with Crippen LogP contribution in [0, 0.1) is 0 Å². The molecule has 0 atom stereocenters. The van der Waals surface area contributed by atoms with E-state index in [0.29, 0.717) is 0 Å². The largest absolute Gasteiger partial charge is 0.692 e. The Hall–Kier alpha value is -0.840. The molecule has 0 aliphatic heterocycles. The Balaban J connectivity index is 0. The molecule has 0 radical (unpaired) electrons. The molecule has 1 aliphatic carbocycles. The molecule has 0 unspecified atom stereocenters. The molecule has 8 N–H and O–H groups in total. The van der Waals surface area contributed by atoms with E-state index in [4.69, 9.17) is 31.6 Å². The van der Waals surface area contributed by atoms with Gasteiger partial charge in [-0.25, -0.2) is 0 Å². The maximum absolute atomic E-state index is 8.70. The molecule has 0 amide bonds. The normalized spacial score (nSPS) is 12.7. The van der Waals surface area contributed by atoms with Gasteiger partial charge in [-0.05, 0) is 0 Å². The fourth-order valence-electron chi connectivity index (χ4n) is 0.884. The topological polar surface area (TPSA) is 136 Å². The van der Waals surface area contributed by atoms with Crippen molar-refractivity contribution in [3.8, 4) is 0 Å². The summed E-state index contributed by atoms with van der Waals surface area (Å²) in [6.07, 6.45) is 8.64. The first-order valence-electron chi connectivity index (χ1n) is 4.28. The van der Waals surface area contributed by atoms with Gasteiger partial charge in [-0.3, -0.25) is 0 Å². The molecule has 0 spiro atoms. The van der Waals surface area contributed by atoms with Crippen LogP contribution in [0.3, 0.4) is 0 Å². The highest BCUT2D eigenvalue weighted by atomic mass is 31.1. The van der Waals surface area contributed by atoms with Crippen molar-refractivity contribution in [2.24, 2.45) is 17.2 Å². The number of nitrogens with two attached hydrogens (primary N) is 3. The summed E-state index contributed by atoms with van der Waals surface area (Å²) >= 11 is 0. The zero-order chi connectivity index (χ0) is 11.4. The van der Waals surface area contributed by atoms with Gasteiger partial charge in [-0.15, -0.1) is 9.79 Å². The van der Waals surface area contributed by atoms with Crippen LogP contribution < -0.4 is 17.2 Å². The van der Waals surface area contributed by atoms with Crippen molar-refractivity contribution in [1.82, 2.24) is 0 Å². The van der Waals surface area contributed by atoms with Crippen molar-refractivity contribution in [3.05, 3.63) is 12.0 Å². The third-order valence-electron chi connectivity index (χ3n) is 1.44. The van der Waals surface area contributed by atoms with Gasteiger partial charge < -0.3 is 17.2 Å². The van der Waals surface area contributed by atoms with E-state index in [9.17, 15) is 0 Å². The van der Waals surface area contributed by atoms with E-state index < -0.39 is 8.25 Å². The third kappa shape index (κ3) is 30.4. The summed E-state index contributed by atoms with van der Waals surface area (Å²) in [6.45, 7) is 0. The van der Waals surface area contributed by atoms with Gasteiger partial charge in [0.1, 0.15) is 5.82 Å². The van der Waals surface area contributed by atoms with Gasteiger partial charge >= 0.3 is 8.25 Å². The number of rotatable bonds is 0. The third-order valence-corrected chi connectivity index (χ3v) is 1.44. The van der Waals surface area contributed by atoms with Gasteiger partial charge in [0.2, 0.25) is 0 Å². The van der Waals surface area contributed by atoms with E-state index in [-0.39, 0.29) is 5.82 Å². The van der Waals surface area contributed by atoms with Crippen LogP contribution in [0.25, 0.3) is 0 Å². The van der Waals surface area contributed by atoms with Gasteiger partial charge in [-0.1, -0.05) is 32.1 Å². The van der Waals surface area contributed by atoms with Gasteiger partial charge in [0.25, 0.3) is 0 Å². The lowest BCUT2D eigenvalue weighted by molar-refractivity contribution is 0.405. The van der Waals surface area contributed by atoms with E-state index in [2.05, 4.69) is 0 Å². The Labute approximate surface area is 84.7 Å². The molecule has 7 heteroatoms. The Kier molecular flexibility index (Phi) is 13.6. The van der Waals surface area contributed by atoms with Gasteiger partial charge in [0.15, 0.2) is 0 Å². The lowest BCUT2D eigenvalue weighted by atomic mass is 10.4. The van der Waals surface area contributed by atoms with E-state index in [1.165, 1.54) is 32.1 Å². The monoisotopic (exact) mass is 224 g/mol. The molecule has 1 aliphatic rings. The lowest BCUT2D eigenvalue weighted by Gasteiger charge is -1.78. The average molecular weight is 224 g/mol. The number of hydrogen-bond acceptors (Lipinski definition) is 4. The molecule has 1 saturated carbocycles. The Bertz CT molecular complexity index is 156. The molecule has 0 saturated heterocycles. The molecule has 0 aromatic heterocycles. The summed E-state index contributed by atoms with van der Waals surface area (Å²) in [5.74, 6) is 0.157. The Morgan fingerprint density at radius 1 is 1.07 bits per heavy atom. The number of hydrogen-bond donors (Lipinski definition) is 5. The first kappa shape index (κ1) is 15.6. The van der Waals surface area contributed by atoms with Crippen LogP contribution in [-0.4, -0.2) is 9.79 Å². The van der Waals surface area contributed by atoms with Crippen LogP contribution in [0.5, 0.6) is 0 Å². The van der Waals surface area contributed by atoms with Crippen LogP contribution in [0.1, 0.15) is 32.1 Å². The molecule has 0 heterocycles. The second kappa shape index (κ2) is 12.2. The summed E-state index contributed by atoms with van der Waals surface area (Å²) in [6, 6.07) is 0. The maximum Gasteiger partial charge on any atom is 0.692 e. The van der Waals surface area contributed by atoms with Crippen molar-refractivity contribution in [2.45, 2.75) is 32.1 Å². The van der Waals surface area contributed by atoms with Gasteiger partial charge in [0, 0.05) is 10.8 Å². The Morgan fingerprint density at radius 3 is 1.29 bits per heavy atom. The van der Waals surface area contributed by atoms with Crippen LogP contribution in [0.2, 0.25) is 0 Å². The molecule has 6 nitrogen and oxygen atoms in total. The predicted molar refractivity (Wildman–Crippen MR) is 55.8 cm³/mol. The van der Waals surface area contributed by atoms with Crippen molar-refractivity contribution >= 4 is 8.25 Å². The molecule has 0 aromatic carbocycles. The standard InChI is InChI=1S/C5H10.C2H7N3.HO3P/c1-2-4-5-3-1;3-1-2(4)5;1-4(2)3/h1-5H2;1H,3-5H2;(H-,1,2,3)/p+1. The Morgan fingerprint density at radius 2 is 1.21 bits per heavy atom. The molecule has 1 rings (SSSR count). The van der Waals surface area contributed by atoms with E-state index >= 15 is 0 Å². The SMILES string of the molecule is C1CCCC1.NC=C(N)N.O=[P+](O)O. The van der Waals surface area contributed by atoms with Crippen molar-refractivity contribution in [3.63, 3.8) is 0 Å². The summed E-state index contributed by atoms with van der Waals surface area (Å²) < 4.78 is 8.70. The van der Waals surface area contributed by atoms with Crippen molar-refractivity contribution in [1.29, 1.82) is 0 Å². The second-order valence-electron chi connectivity index (χ2n) is 2.69. The van der Waals surface area contributed by atoms with Crippen LogP contribution in [0.15, 0.2) is 12.0 Å². The zero-order valence-corrected chi connectivity index (χ0v) is 8.99. The summed E-state index contributed by atoms with van der Waals surface area (Å²) in [7, 11) is -2.87. The highest BCUT2D eigenvalue weighted by Gasteiger charge is 1.95. The highest BCUT2D eigenvalue weighted by molar-refractivity contribution is 7.30. The molecule has 84 valence electrons. The first-order chi connectivity index (χ1) is 6.50. The minimum Gasteiger partial charge on any atom is -0.402 e. The highest BCUT2D eigenvalue weighted by Crippen LogP contribution is 2.15. The molecule has 1 fully saturated rings. The van der Waals surface area contributed by atoms with E-state index in [1.54, 1.807) is 0 Å². The quantitative estimate of drug-likeness (QED) is 0.374. The maximum atomic E-state index is 8.70. The van der Waals surface area contributed by atoms with Crippen molar-refractivity contribution < 1.29 is 14.4 Å². The second-order valence-corrected chi connectivity index (χ2v) is 3.19. The van der Waals surface area contributed by atoms with E-state index in [1.807, 2.05) is 0 Å². The smallest absolute Gasteiger partial charge is 0.402 e. The minimum absolute atomic E-state index is 0.157. The minimum atomic E-state index is -2.87. The fraction of sp³-hybridized carbons (Fsp3) is 0.714. The van der Waals surface area contributed by atoms with Gasteiger partial charge in [0.05, 0.1) is 0 Å². The van der Waals surface area contributed by atoms with Crippen LogP contribution in [0.4, 0.5) is 0 Å². The molecule has 0 aromatic rings. The lowest BCUT2D eigenvalue weighted by Crippen LogP contribution is -2.09. The summed E-state index contributed by atoms with van der Waals surface area (Å²) in [4.78, 5) is 14.2. The van der Waals surface area contributed by atoms with Crippen LogP contribution >= 0.6 is 8.25 Å². The summed E-state index contributed by atoms with van der Waals surface area (Å²) in [5.41, 5.74) is 14.4. The summed E-state index contributed by atoms with van der Waals surface area (Å²) in [5, 5.41) is 0. The average Bonchev–Trinajstić information content (AvgIpc) is 2.59. The zero-order valence-electron chi connectivity index (χ0n) is 8.09. The van der Waals surface area contributed by atoms with Gasteiger partial charge in [-0.2, -0.15) is 0 Å². The molecular weight excluding hydrogens is 205 g/mol. The van der Waals surface area contributed by atoms with Crippen LogP contribution in [-0.2, 0) is 4.57 Å². The fourth-order valence-corrected chi connectivity index (χ4v) is 0.884. The van der Waals surface area contributed by atoms with Crippen molar-refractivity contribution in [2.75, 3.05) is 0 Å². The molecule has 14 heavy (non-hydrogen) atoms. The van der Waals surface area contributed by atoms with E-state index in [0.717, 1.165) is 6.20 Å².